The lowest BCUT2D eigenvalue weighted by molar-refractivity contribution is -0.138. The van der Waals surface area contributed by atoms with Gasteiger partial charge in [0.15, 0.2) is 11.5 Å². The molecule has 3 aliphatic heterocycles. The molecule has 0 radical (unpaired) electrons. The molecule has 34 heavy (non-hydrogen) atoms. The number of amides is 2. The van der Waals surface area contributed by atoms with Gasteiger partial charge in [-0.05, 0) is 80.1 Å². The second-order valence-electron chi connectivity index (χ2n) is 9.68. The highest BCUT2D eigenvalue weighted by Gasteiger charge is 2.31. The van der Waals surface area contributed by atoms with E-state index >= 15 is 0 Å². The molecule has 1 fully saturated rings. The van der Waals surface area contributed by atoms with E-state index in [1.54, 1.807) is 18.2 Å². The third-order valence-electron chi connectivity index (χ3n) is 7.34. The van der Waals surface area contributed by atoms with Gasteiger partial charge in [0.2, 0.25) is 12.7 Å². The van der Waals surface area contributed by atoms with E-state index in [1.165, 1.54) is 22.3 Å². The molecule has 0 aromatic heterocycles. The minimum atomic E-state index is -0.125. The lowest BCUT2D eigenvalue weighted by atomic mass is 9.92. The Morgan fingerprint density at radius 3 is 2.68 bits per heavy atom. The second kappa shape index (κ2) is 9.66. The van der Waals surface area contributed by atoms with Crippen molar-refractivity contribution in [3.63, 3.8) is 0 Å². The van der Waals surface area contributed by atoms with Crippen LogP contribution in [0.25, 0.3) is 0 Å². The van der Waals surface area contributed by atoms with Crippen molar-refractivity contribution in [2.24, 2.45) is 5.92 Å². The molecular formula is C27H33N3O4. The topological polar surface area (TPSA) is 71.1 Å². The van der Waals surface area contributed by atoms with Crippen molar-refractivity contribution in [3.8, 4) is 11.5 Å². The molecule has 2 aromatic carbocycles. The summed E-state index contributed by atoms with van der Waals surface area (Å²) in [5.41, 5.74) is 5.86. The maximum Gasteiger partial charge on any atom is 0.251 e. The zero-order valence-electron chi connectivity index (χ0n) is 20.1. The van der Waals surface area contributed by atoms with Gasteiger partial charge in [0.25, 0.3) is 5.91 Å². The molecule has 0 spiro atoms. The van der Waals surface area contributed by atoms with E-state index in [0.717, 1.165) is 52.0 Å². The fourth-order valence-corrected chi connectivity index (χ4v) is 5.23. The van der Waals surface area contributed by atoms with Crippen LogP contribution in [0, 0.1) is 19.8 Å². The molecule has 1 atom stereocenters. The van der Waals surface area contributed by atoms with Crippen LogP contribution in [0.4, 0.5) is 0 Å². The van der Waals surface area contributed by atoms with Gasteiger partial charge >= 0.3 is 0 Å². The van der Waals surface area contributed by atoms with Gasteiger partial charge in [-0.25, -0.2) is 0 Å². The van der Waals surface area contributed by atoms with E-state index in [4.69, 9.17) is 9.47 Å². The minimum absolute atomic E-state index is 0.0337. The molecule has 7 heteroatoms. The summed E-state index contributed by atoms with van der Waals surface area (Å²) >= 11 is 0. The zero-order chi connectivity index (χ0) is 23.7. The monoisotopic (exact) mass is 463 g/mol. The van der Waals surface area contributed by atoms with Crippen LogP contribution >= 0.6 is 0 Å². The summed E-state index contributed by atoms with van der Waals surface area (Å²) in [4.78, 5) is 30.2. The Balaban J connectivity index is 1.12. The van der Waals surface area contributed by atoms with Gasteiger partial charge in [0.1, 0.15) is 0 Å². The second-order valence-corrected chi connectivity index (χ2v) is 9.68. The summed E-state index contributed by atoms with van der Waals surface area (Å²) in [5, 5.41) is 2.99. The van der Waals surface area contributed by atoms with E-state index in [1.807, 2.05) is 4.90 Å². The first-order valence-corrected chi connectivity index (χ1v) is 12.3. The van der Waals surface area contributed by atoms with Crippen LogP contribution in [-0.4, -0.2) is 61.1 Å². The number of nitrogens with one attached hydrogen (secondary N) is 1. The highest BCUT2D eigenvalue weighted by Crippen LogP contribution is 2.32. The highest BCUT2D eigenvalue weighted by atomic mass is 16.7. The SMILES string of the molecule is Cc1cc2c(cc1C)CN(C(=O)C1CCCN(CCNC(=O)c3ccc4c(c3)OCO4)C1)CC2. The quantitative estimate of drug-likeness (QED) is 0.738. The Labute approximate surface area is 201 Å². The van der Waals surface area contributed by atoms with E-state index in [2.05, 4.69) is 36.2 Å². The van der Waals surface area contributed by atoms with Crippen molar-refractivity contribution < 1.29 is 19.1 Å². The smallest absolute Gasteiger partial charge is 0.251 e. The van der Waals surface area contributed by atoms with Gasteiger partial charge in [-0.15, -0.1) is 0 Å². The number of hydrogen-bond donors (Lipinski definition) is 1. The Kier molecular flexibility index (Phi) is 6.46. The van der Waals surface area contributed by atoms with E-state index in [9.17, 15) is 9.59 Å². The van der Waals surface area contributed by atoms with Crippen molar-refractivity contribution in [2.45, 2.75) is 39.7 Å². The molecular weight excluding hydrogens is 430 g/mol. The molecule has 2 amide bonds. The first-order chi connectivity index (χ1) is 16.5. The summed E-state index contributed by atoms with van der Waals surface area (Å²) in [6, 6.07) is 9.76. The number of aryl methyl sites for hydroxylation is 2. The average molecular weight is 464 g/mol. The lowest BCUT2D eigenvalue weighted by Gasteiger charge is -2.37. The molecule has 5 rings (SSSR count). The van der Waals surface area contributed by atoms with Crippen molar-refractivity contribution >= 4 is 11.8 Å². The lowest BCUT2D eigenvalue weighted by Crippen LogP contribution is -2.47. The summed E-state index contributed by atoms with van der Waals surface area (Å²) in [7, 11) is 0. The zero-order valence-corrected chi connectivity index (χ0v) is 20.1. The van der Waals surface area contributed by atoms with E-state index in [-0.39, 0.29) is 24.5 Å². The summed E-state index contributed by atoms with van der Waals surface area (Å²) in [5.74, 6) is 1.46. The Morgan fingerprint density at radius 2 is 1.82 bits per heavy atom. The number of piperidine rings is 1. The fourth-order valence-electron chi connectivity index (χ4n) is 5.23. The van der Waals surface area contributed by atoms with Crippen molar-refractivity contribution in [2.75, 3.05) is 39.5 Å². The molecule has 180 valence electrons. The van der Waals surface area contributed by atoms with Gasteiger partial charge < -0.3 is 24.6 Å². The van der Waals surface area contributed by atoms with Gasteiger partial charge in [-0.3, -0.25) is 9.59 Å². The standard InChI is InChI=1S/C27H33N3O4/c1-18-12-20-7-10-30(16-23(20)13-19(18)2)27(32)22-4-3-9-29(15-22)11-8-28-26(31)21-5-6-24-25(14-21)34-17-33-24/h5-6,12-14,22H,3-4,7-11,15-17H2,1-2H3,(H,28,31). The van der Waals surface area contributed by atoms with Crippen LogP contribution in [0.3, 0.4) is 0 Å². The number of hydrogen-bond acceptors (Lipinski definition) is 5. The Morgan fingerprint density at radius 1 is 1.03 bits per heavy atom. The molecule has 0 aliphatic carbocycles. The molecule has 0 bridgehead atoms. The minimum Gasteiger partial charge on any atom is -0.454 e. The van der Waals surface area contributed by atoms with Gasteiger partial charge in [-0.2, -0.15) is 0 Å². The number of carbonyl (C=O) groups excluding carboxylic acids is 2. The number of ether oxygens (including phenoxy) is 2. The summed E-state index contributed by atoms with van der Waals surface area (Å²) in [6.07, 6.45) is 2.88. The van der Waals surface area contributed by atoms with Crippen LogP contribution in [0.15, 0.2) is 30.3 Å². The van der Waals surface area contributed by atoms with Gasteiger partial charge in [-0.1, -0.05) is 12.1 Å². The van der Waals surface area contributed by atoms with Crippen molar-refractivity contribution in [3.05, 3.63) is 58.1 Å². The molecule has 1 N–H and O–H groups in total. The van der Waals surface area contributed by atoms with Crippen LogP contribution < -0.4 is 14.8 Å². The number of fused-ring (bicyclic) bond motifs is 2. The molecule has 7 nitrogen and oxygen atoms in total. The van der Waals surface area contributed by atoms with Gasteiger partial charge in [0.05, 0.1) is 5.92 Å². The number of carbonyl (C=O) groups is 2. The van der Waals surface area contributed by atoms with Gasteiger partial charge in [0, 0.05) is 38.3 Å². The van der Waals surface area contributed by atoms with Crippen LogP contribution in [0.2, 0.25) is 0 Å². The maximum absolute atomic E-state index is 13.3. The predicted molar refractivity (Wildman–Crippen MR) is 129 cm³/mol. The number of rotatable bonds is 5. The van der Waals surface area contributed by atoms with Crippen LogP contribution in [0.5, 0.6) is 11.5 Å². The van der Waals surface area contributed by atoms with E-state index < -0.39 is 0 Å². The number of benzene rings is 2. The first-order valence-electron chi connectivity index (χ1n) is 12.3. The van der Waals surface area contributed by atoms with Crippen LogP contribution in [-0.2, 0) is 17.8 Å². The number of nitrogens with zero attached hydrogens (tertiary/aromatic N) is 2. The molecule has 1 unspecified atom stereocenters. The fraction of sp³-hybridized carbons (Fsp3) is 0.481. The average Bonchev–Trinajstić information content (AvgIpc) is 3.32. The third kappa shape index (κ3) is 4.75. The highest BCUT2D eigenvalue weighted by molar-refractivity contribution is 5.94. The largest absolute Gasteiger partial charge is 0.454 e. The Bertz CT molecular complexity index is 1100. The van der Waals surface area contributed by atoms with Crippen molar-refractivity contribution in [1.82, 2.24) is 15.1 Å². The Hall–Kier alpha value is -3.06. The van der Waals surface area contributed by atoms with Crippen LogP contribution in [0.1, 0.15) is 45.5 Å². The summed E-state index contributed by atoms with van der Waals surface area (Å²) in [6.45, 7) is 9.01. The molecule has 1 saturated heterocycles. The molecule has 2 aromatic rings. The normalized spacial score (nSPS) is 19.6. The predicted octanol–water partition coefficient (Wildman–Crippen LogP) is 3.06. The summed E-state index contributed by atoms with van der Waals surface area (Å²) < 4.78 is 10.7. The molecule has 3 heterocycles. The third-order valence-corrected chi connectivity index (χ3v) is 7.34. The molecule has 0 saturated carbocycles. The first kappa shape index (κ1) is 22.7. The van der Waals surface area contributed by atoms with Crippen molar-refractivity contribution in [1.29, 1.82) is 0 Å². The maximum atomic E-state index is 13.3. The molecule has 3 aliphatic rings. The number of likely N-dealkylation sites (tertiary alicyclic amines) is 1. The van der Waals surface area contributed by atoms with E-state index in [0.29, 0.717) is 23.6 Å².